The third kappa shape index (κ3) is 2.87. The highest BCUT2D eigenvalue weighted by molar-refractivity contribution is 7.14. The molecule has 1 unspecified atom stereocenters. The number of rotatable bonds is 3. The Labute approximate surface area is 106 Å². The van der Waals surface area contributed by atoms with Gasteiger partial charge in [-0.3, -0.25) is 0 Å². The molecule has 1 aliphatic heterocycles. The molecule has 16 heavy (non-hydrogen) atoms. The van der Waals surface area contributed by atoms with Crippen LogP contribution in [0.5, 0.6) is 0 Å². The van der Waals surface area contributed by atoms with Crippen molar-refractivity contribution < 1.29 is 0 Å². The summed E-state index contributed by atoms with van der Waals surface area (Å²) < 4.78 is 0. The zero-order valence-corrected chi connectivity index (χ0v) is 11.3. The second-order valence-corrected chi connectivity index (χ2v) is 6.20. The van der Waals surface area contributed by atoms with Gasteiger partial charge in [-0.05, 0) is 24.8 Å². The molecular weight excluding hydrogens is 242 g/mol. The summed E-state index contributed by atoms with van der Waals surface area (Å²) in [5, 5.41) is 10.3. The van der Waals surface area contributed by atoms with Crippen LogP contribution in [0.4, 0.5) is 5.13 Å². The number of hydrogen-bond acceptors (Lipinski definition) is 4. The lowest BCUT2D eigenvalue weighted by molar-refractivity contribution is 0.188. The average molecular weight is 260 g/mol. The maximum Gasteiger partial charge on any atom is 0.184 e. The van der Waals surface area contributed by atoms with Crippen LogP contribution in [0, 0.1) is 5.41 Å². The van der Waals surface area contributed by atoms with Crippen LogP contribution in [0.25, 0.3) is 0 Å². The van der Waals surface area contributed by atoms with E-state index in [1.807, 2.05) is 5.38 Å². The first-order valence-corrected chi connectivity index (χ1v) is 6.92. The molecule has 1 aromatic heterocycles. The first kappa shape index (κ1) is 12.1. The molecular formula is C11H18ClN3S. The van der Waals surface area contributed by atoms with Gasteiger partial charge >= 0.3 is 0 Å². The molecule has 2 rings (SSSR count). The lowest BCUT2D eigenvalue weighted by Crippen LogP contribution is -2.50. The number of anilines is 1. The van der Waals surface area contributed by atoms with Crippen molar-refractivity contribution in [2.75, 3.05) is 18.4 Å². The van der Waals surface area contributed by atoms with Crippen LogP contribution in [0.15, 0.2) is 5.38 Å². The van der Waals surface area contributed by atoms with E-state index in [1.54, 1.807) is 11.3 Å². The largest absolute Gasteiger partial charge is 0.360 e. The van der Waals surface area contributed by atoms with E-state index < -0.39 is 0 Å². The molecule has 0 radical (unpaired) electrons. The average Bonchev–Trinajstić information content (AvgIpc) is 2.62. The van der Waals surface area contributed by atoms with Crippen molar-refractivity contribution in [2.24, 2.45) is 5.41 Å². The summed E-state index contributed by atoms with van der Waals surface area (Å²) in [6.45, 7) is 6.67. The first-order valence-electron chi connectivity index (χ1n) is 5.66. The molecule has 1 atom stereocenters. The number of thiazole rings is 1. The fraction of sp³-hybridized carbons (Fsp3) is 0.727. The van der Waals surface area contributed by atoms with E-state index in [1.165, 1.54) is 12.8 Å². The van der Waals surface area contributed by atoms with E-state index in [9.17, 15) is 0 Å². The Balaban J connectivity index is 1.89. The van der Waals surface area contributed by atoms with Gasteiger partial charge in [-0.2, -0.15) is 0 Å². The van der Waals surface area contributed by atoms with Crippen LogP contribution < -0.4 is 10.6 Å². The minimum absolute atomic E-state index is 0.353. The summed E-state index contributed by atoms with van der Waals surface area (Å²) in [6.07, 6.45) is 2.55. The van der Waals surface area contributed by atoms with Crippen molar-refractivity contribution in [3.8, 4) is 0 Å². The minimum atomic E-state index is 0.353. The topological polar surface area (TPSA) is 37.0 Å². The SMILES string of the molecule is CC1(C)CCCNC1CNc1nc(Cl)cs1. The number of aromatic nitrogens is 1. The zero-order chi connectivity index (χ0) is 11.6. The normalized spacial score (nSPS) is 24.3. The van der Waals surface area contributed by atoms with Gasteiger partial charge in [-0.25, -0.2) is 4.98 Å². The van der Waals surface area contributed by atoms with E-state index in [4.69, 9.17) is 11.6 Å². The Morgan fingerprint density at radius 1 is 1.69 bits per heavy atom. The molecule has 0 aromatic carbocycles. The molecule has 90 valence electrons. The van der Waals surface area contributed by atoms with Crippen LogP contribution in [0.2, 0.25) is 5.15 Å². The van der Waals surface area contributed by atoms with E-state index in [0.717, 1.165) is 18.2 Å². The molecule has 1 aromatic rings. The van der Waals surface area contributed by atoms with Gasteiger partial charge in [0.25, 0.3) is 0 Å². The monoisotopic (exact) mass is 259 g/mol. The predicted molar refractivity (Wildman–Crippen MR) is 70.4 cm³/mol. The number of nitrogens with zero attached hydrogens (tertiary/aromatic N) is 1. The minimum Gasteiger partial charge on any atom is -0.360 e. The van der Waals surface area contributed by atoms with Gasteiger partial charge in [0.2, 0.25) is 0 Å². The quantitative estimate of drug-likeness (QED) is 0.876. The van der Waals surface area contributed by atoms with E-state index in [-0.39, 0.29) is 0 Å². The van der Waals surface area contributed by atoms with E-state index in [0.29, 0.717) is 16.6 Å². The molecule has 0 bridgehead atoms. The van der Waals surface area contributed by atoms with Crippen molar-refractivity contribution in [2.45, 2.75) is 32.7 Å². The van der Waals surface area contributed by atoms with Crippen LogP contribution in [-0.2, 0) is 0 Å². The van der Waals surface area contributed by atoms with Gasteiger partial charge in [-0.1, -0.05) is 25.4 Å². The summed E-state index contributed by atoms with van der Waals surface area (Å²) >= 11 is 7.34. The van der Waals surface area contributed by atoms with E-state index in [2.05, 4.69) is 29.5 Å². The number of halogens is 1. The predicted octanol–water partition coefficient (Wildman–Crippen LogP) is 2.99. The Morgan fingerprint density at radius 3 is 3.12 bits per heavy atom. The fourth-order valence-corrected chi connectivity index (χ4v) is 2.99. The Kier molecular flexibility index (Phi) is 3.72. The molecule has 0 spiro atoms. The standard InChI is InChI=1S/C11H18ClN3S/c1-11(2)4-3-5-13-8(11)6-14-10-15-9(12)7-16-10/h7-8,13H,3-6H2,1-2H3,(H,14,15). The van der Waals surface area contributed by atoms with Gasteiger partial charge < -0.3 is 10.6 Å². The summed E-state index contributed by atoms with van der Waals surface area (Å²) in [5.74, 6) is 0. The van der Waals surface area contributed by atoms with Crippen molar-refractivity contribution in [1.29, 1.82) is 0 Å². The fourth-order valence-electron chi connectivity index (χ4n) is 2.14. The zero-order valence-electron chi connectivity index (χ0n) is 9.72. The Bertz CT molecular complexity index is 351. The van der Waals surface area contributed by atoms with Gasteiger partial charge in [0.15, 0.2) is 5.13 Å². The van der Waals surface area contributed by atoms with Crippen molar-refractivity contribution >= 4 is 28.1 Å². The maximum absolute atomic E-state index is 5.78. The maximum atomic E-state index is 5.78. The highest BCUT2D eigenvalue weighted by Crippen LogP contribution is 2.30. The number of piperidine rings is 1. The molecule has 0 saturated carbocycles. The lowest BCUT2D eigenvalue weighted by atomic mass is 9.77. The lowest BCUT2D eigenvalue weighted by Gasteiger charge is -2.39. The summed E-state index contributed by atoms with van der Waals surface area (Å²) in [7, 11) is 0. The molecule has 1 aliphatic rings. The molecule has 2 heterocycles. The number of hydrogen-bond donors (Lipinski definition) is 2. The van der Waals surface area contributed by atoms with Crippen LogP contribution in [-0.4, -0.2) is 24.1 Å². The summed E-state index contributed by atoms with van der Waals surface area (Å²) in [4.78, 5) is 4.19. The molecule has 5 heteroatoms. The highest BCUT2D eigenvalue weighted by Gasteiger charge is 2.31. The molecule has 1 fully saturated rings. The molecule has 1 saturated heterocycles. The molecule has 2 N–H and O–H groups in total. The molecule has 3 nitrogen and oxygen atoms in total. The van der Waals surface area contributed by atoms with Crippen LogP contribution in [0.3, 0.4) is 0 Å². The van der Waals surface area contributed by atoms with Crippen molar-refractivity contribution in [3.63, 3.8) is 0 Å². The van der Waals surface area contributed by atoms with Gasteiger partial charge in [0.1, 0.15) is 5.15 Å². The smallest absolute Gasteiger partial charge is 0.184 e. The second-order valence-electron chi connectivity index (χ2n) is 4.96. The molecule has 0 amide bonds. The molecule has 0 aliphatic carbocycles. The van der Waals surface area contributed by atoms with Gasteiger partial charge in [-0.15, -0.1) is 11.3 Å². The highest BCUT2D eigenvalue weighted by atomic mass is 35.5. The van der Waals surface area contributed by atoms with Crippen LogP contribution >= 0.6 is 22.9 Å². The van der Waals surface area contributed by atoms with Crippen molar-refractivity contribution in [3.05, 3.63) is 10.5 Å². The van der Waals surface area contributed by atoms with Crippen molar-refractivity contribution in [1.82, 2.24) is 10.3 Å². The number of nitrogens with one attached hydrogen (secondary N) is 2. The first-order chi connectivity index (χ1) is 7.58. The third-order valence-electron chi connectivity index (χ3n) is 3.27. The Hall–Kier alpha value is -0.320. The summed E-state index contributed by atoms with van der Waals surface area (Å²) in [6, 6.07) is 0.504. The van der Waals surface area contributed by atoms with Crippen LogP contribution in [0.1, 0.15) is 26.7 Å². The van der Waals surface area contributed by atoms with E-state index >= 15 is 0 Å². The summed E-state index contributed by atoms with van der Waals surface area (Å²) in [5.41, 5.74) is 0.353. The van der Waals surface area contributed by atoms with Gasteiger partial charge in [0, 0.05) is 18.0 Å². The third-order valence-corrected chi connectivity index (χ3v) is 4.39. The Morgan fingerprint density at radius 2 is 2.50 bits per heavy atom. The van der Waals surface area contributed by atoms with Gasteiger partial charge in [0.05, 0.1) is 0 Å². The second kappa shape index (κ2) is 4.90.